The number of carbonyl (C=O) groups is 1. The summed E-state index contributed by atoms with van der Waals surface area (Å²) in [6.07, 6.45) is 0. The Kier molecular flexibility index (Phi) is 3.76. The molecule has 0 saturated carbocycles. The Morgan fingerprint density at radius 1 is 1.11 bits per heavy atom. The van der Waals surface area contributed by atoms with Crippen LogP contribution in [-0.2, 0) is 0 Å². The second-order valence-corrected chi connectivity index (χ2v) is 4.97. The van der Waals surface area contributed by atoms with Crippen LogP contribution in [0.4, 0.5) is 5.69 Å². The summed E-state index contributed by atoms with van der Waals surface area (Å²) in [4.78, 5) is 22.5. The van der Waals surface area contributed by atoms with E-state index in [-0.39, 0.29) is 11.5 Å². The number of rotatable bonds is 3. The van der Waals surface area contributed by atoms with E-state index in [1.165, 1.54) is 12.1 Å². The number of benzene rings is 2. The third-order valence-electron chi connectivity index (χ3n) is 2.72. The number of ketones is 1. The van der Waals surface area contributed by atoms with Gasteiger partial charge in [-0.25, -0.2) is 0 Å². The Morgan fingerprint density at radius 2 is 1.68 bits per heavy atom. The zero-order valence-electron chi connectivity index (χ0n) is 10.1. The molecule has 0 fully saturated rings. The summed E-state index contributed by atoms with van der Waals surface area (Å²) in [5.41, 5.74) is 1.76. The van der Waals surface area contributed by atoms with Gasteiger partial charge in [0.1, 0.15) is 0 Å². The van der Waals surface area contributed by atoms with Crippen LogP contribution >= 0.6 is 15.9 Å². The summed E-state index contributed by atoms with van der Waals surface area (Å²) in [6, 6.07) is 11.5. The maximum Gasteiger partial charge on any atom is 0.284 e. The number of hydrogen-bond donors (Lipinski definition) is 0. The second-order valence-electron chi connectivity index (χ2n) is 4.12. The van der Waals surface area contributed by atoms with Gasteiger partial charge in [-0.1, -0.05) is 29.8 Å². The quantitative estimate of drug-likeness (QED) is 0.489. The van der Waals surface area contributed by atoms with Crippen LogP contribution in [0.1, 0.15) is 21.5 Å². The minimum Gasteiger partial charge on any atom is -0.289 e. The number of nitro benzene ring substituents is 1. The van der Waals surface area contributed by atoms with Crippen LogP contribution in [0, 0.1) is 17.0 Å². The topological polar surface area (TPSA) is 60.2 Å². The van der Waals surface area contributed by atoms with Crippen molar-refractivity contribution >= 4 is 27.4 Å². The molecule has 0 radical (unpaired) electrons. The van der Waals surface area contributed by atoms with Crippen molar-refractivity contribution in [1.29, 1.82) is 0 Å². The Bertz CT molecular complexity index is 650. The Balaban J connectivity index is 2.42. The summed E-state index contributed by atoms with van der Waals surface area (Å²) in [7, 11) is 0. The molecule has 4 nitrogen and oxygen atoms in total. The lowest BCUT2D eigenvalue weighted by molar-refractivity contribution is -0.385. The van der Waals surface area contributed by atoms with E-state index in [2.05, 4.69) is 15.9 Å². The van der Waals surface area contributed by atoms with Gasteiger partial charge >= 0.3 is 0 Å². The molecule has 0 unspecified atom stereocenters. The van der Waals surface area contributed by atoms with E-state index in [0.717, 1.165) is 5.56 Å². The third kappa shape index (κ3) is 2.88. The summed E-state index contributed by atoms with van der Waals surface area (Å²) in [6.45, 7) is 1.93. The minimum atomic E-state index is -0.518. The highest BCUT2D eigenvalue weighted by Crippen LogP contribution is 2.26. The van der Waals surface area contributed by atoms with Crippen molar-refractivity contribution in [3.63, 3.8) is 0 Å². The molecule has 19 heavy (non-hydrogen) atoms. The van der Waals surface area contributed by atoms with Gasteiger partial charge < -0.3 is 0 Å². The first-order valence-electron chi connectivity index (χ1n) is 5.54. The number of aryl methyl sites for hydroxylation is 1. The number of nitro groups is 1. The fourth-order valence-corrected chi connectivity index (χ4v) is 2.06. The first-order chi connectivity index (χ1) is 8.99. The number of hydrogen-bond acceptors (Lipinski definition) is 3. The van der Waals surface area contributed by atoms with Crippen LogP contribution in [0.3, 0.4) is 0 Å². The minimum absolute atomic E-state index is 0.113. The summed E-state index contributed by atoms with van der Waals surface area (Å²) >= 11 is 3.09. The number of nitrogens with zero attached hydrogens (tertiary/aromatic N) is 1. The monoisotopic (exact) mass is 319 g/mol. The molecular formula is C14H10BrNO3. The van der Waals surface area contributed by atoms with Crippen LogP contribution in [0.5, 0.6) is 0 Å². The first kappa shape index (κ1) is 13.4. The summed E-state index contributed by atoms with van der Waals surface area (Å²) in [5, 5.41) is 10.8. The van der Waals surface area contributed by atoms with Crippen LogP contribution in [0.2, 0.25) is 0 Å². The zero-order valence-corrected chi connectivity index (χ0v) is 11.7. The molecule has 0 bridgehead atoms. The first-order valence-corrected chi connectivity index (χ1v) is 6.33. The molecular weight excluding hydrogens is 310 g/mol. The molecule has 96 valence electrons. The SMILES string of the molecule is Cc1ccc(C(=O)c2ccc(Br)c([N+](=O)[O-])c2)cc1. The van der Waals surface area contributed by atoms with Gasteiger partial charge in [-0.15, -0.1) is 0 Å². The van der Waals surface area contributed by atoms with Crippen molar-refractivity contribution in [1.82, 2.24) is 0 Å². The maximum atomic E-state index is 12.2. The third-order valence-corrected chi connectivity index (χ3v) is 3.39. The van der Waals surface area contributed by atoms with Crippen molar-refractivity contribution < 1.29 is 9.72 Å². The van der Waals surface area contributed by atoms with E-state index in [9.17, 15) is 14.9 Å². The number of carbonyl (C=O) groups excluding carboxylic acids is 1. The Morgan fingerprint density at radius 3 is 2.26 bits per heavy atom. The van der Waals surface area contributed by atoms with Crippen LogP contribution in [0.25, 0.3) is 0 Å². The van der Waals surface area contributed by atoms with Gasteiger partial charge in [0.05, 0.1) is 9.40 Å². The van der Waals surface area contributed by atoms with Crippen molar-refractivity contribution in [2.45, 2.75) is 6.92 Å². The zero-order chi connectivity index (χ0) is 14.0. The highest BCUT2D eigenvalue weighted by atomic mass is 79.9. The van der Waals surface area contributed by atoms with Crippen LogP contribution in [0.15, 0.2) is 46.9 Å². The van der Waals surface area contributed by atoms with E-state index in [1.54, 1.807) is 18.2 Å². The molecule has 0 amide bonds. The lowest BCUT2D eigenvalue weighted by atomic mass is 10.0. The predicted molar refractivity (Wildman–Crippen MR) is 75.4 cm³/mol. The van der Waals surface area contributed by atoms with Gasteiger partial charge in [-0.05, 0) is 35.0 Å². The lowest BCUT2D eigenvalue weighted by Crippen LogP contribution is -2.02. The molecule has 2 aromatic carbocycles. The molecule has 0 heterocycles. The van der Waals surface area contributed by atoms with Crippen molar-refractivity contribution in [3.8, 4) is 0 Å². The van der Waals surface area contributed by atoms with Gasteiger partial charge in [0.15, 0.2) is 5.78 Å². The van der Waals surface area contributed by atoms with Crippen LogP contribution in [-0.4, -0.2) is 10.7 Å². The van der Waals surface area contributed by atoms with Crippen molar-refractivity contribution in [2.24, 2.45) is 0 Å². The smallest absolute Gasteiger partial charge is 0.284 e. The van der Waals surface area contributed by atoms with Crippen molar-refractivity contribution in [2.75, 3.05) is 0 Å². The standard InChI is InChI=1S/C14H10BrNO3/c1-9-2-4-10(5-3-9)14(17)11-6-7-12(15)13(8-11)16(18)19/h2-8H,1H3. The molecule has 5 heteroatoms. The number of halogens is 1. The summed E-state index contributed by atoms with van der Waals surface area (Å²) in [5.74, 6) is -0.226. The summed E-state index contributed by atoms with van der Waals surface area (Å²) < 4.78 is 0.359. The molecule has 0 N–H and O–H groups in total. The maximum absolute atomic E-state index is 12.2. The molecule has 2 aromatic rings. The second kappa shape index (κ2) is 5.32. The highest BCUT2D eigenvalue weighted by Gasteiger charge is 2.16. The van der Waals surface area contributed by atoms with E-state index < -0.39 is 4.92 Å². The van der Waals surface area contributed by atoms with E-state index in [4.69, 9.17) is 0 Å². The Hall–Kier alpha value is -2.01. The van der Waals surface area contributed by atoms with Gasteiger partial charge in [0, 0.05) is 17.2 Å². The largest absolute Gasteiger partial charge is 0.289 e. The molecule has 0 aliphatic rings. The normalized spacial score (nSPS) is 10.2. The highest BCUT2D eigenvalue weighted by molar-refractivity contribution is 9.10. The van der Waals surface area contributed by atoms with Gasteiger partial charge in [0.25, 0.3) is 5.69 Å². The Labute approximate surface area is 118 Å². The fourth-order valence-electron chi connectivity index (χ4n) is 1.67. The molecule has 2 rings (SSSR count). The molecule has 0 atom stereocenters. The molecule has 0 spiro atoms. The van der Waals surface area contributed by atoms with Crippen LogP contribution < -0.4 is 0 Å². The van der Waals surface area contributed by atoms with Gasteiger partial charge in [0.2, 0.25) is 0 Å². The average Bonchev–Trinajstić information content (AvgIpc) is 2.39. The average molecular weight is 320 g/mol. The van der Waals surface area contributed by atoms with Gasteiger partial charge in [-0.3, -0.25) is 14.9 Å². The van der Waals surface area contributed by atoms with E-state index >= 15 is 0 Å². The predicted octanol–water partition coefficient (Wildman–Crippen LogP) is 3.90. The molecule has 0 saturated heterocycles. The fraction of sp³-hybridized carbons (Fsp3) is 0.0714. The molecule has 0 aromatic heterocycles. The van der Waals surface area contributed by atoms with E-state index in [0.29, 0.717) is 15.6 Å². The molecule has 0 aliphatic heterocycles. The van der Waals surface area contributed by atoms with E-state index in [1.807, 2.05) is 19.1 Å². The van der Waals surface area contributed by atoms with Gasteiger partial charge in [-0.2, -0.15) is 0 Å². The molecule has 0 aliphatic carbocycles. The van der Waals surface area contributed by atoms with Crippen molar-refractivity contribution in [3.05, 3.63) is 73.7 Å². The lowest BCUT2D eigenvalue weighted by Gasteiger charge is -2.03.